The van der Waals surface area contributed by atoms with Gasteiger partial charge in [-0.3, -0.25) is 0 Å². The van der Waals surface area contributed by atoms with Gasteiger partial charge in [-0.25, -0.2) is 0 Å². The van der Waals surface area contributed by atoms with Gasteiger partial charge in [-0.1, -0.05) is 41.4 Å². The molecule has 0 bridgehead atoms. The molecule has 1 atom stereocenters. The van der Waals surface area contributed by atoms with E-state index in [1.165, 1.54) is 16.7 Å². The van der Waals surface area contributed by atoms with Crippen LogP contribution in [0.15, 0.2) is 36.4 Å². The molecule has 0 heterocycles. The first-order valence-electron chi connectivity index (χ1n) is 7.14. The molecule has 0 amide bonds. The summed E-state index contributed by atoms with van der Waals surface area (Å²) in [5.74, 6) is 0.919. The molecular formula is C18H22ClNO. The molecule has 1 N–H and O–H groups in total. The molecule has 0 aliphatic heterocycles. The van der Waals surface area contributed by atoms with Gasteiger partial charge in [0.1, 0.15) is 5.75 Å². The quantitative estimate of drug-likeness (QED) is 0.855. The van der Waals surface area contributed by atoms with E-state index in [0.717, 1.165) is 22.9 Å². The molecule has 0 fully saturated rings. The number of methoxy groups -OCH3 is 1. The summed E-state index contributed by atoms with van der Waals surface area (Å²) in [7, 11) is 1.71. The molecule has 2 aromatic carbocycles. The predicted molar refractivity (Wildman–Crippen MR) is 89.2 cm³/mol. The van der Waals surface area contributed by atoms with Crippen LogP contribution in [0.1, 0.15) is 35.2 Å². The molecular weight excluding hydrogens is 282 g/mol. The number of hydrogen-bond donors (Lipinski definition) is 1. The topological polar surface area (TPSA) is 21.3 Å². The third-order valence-corrected chi connectivity index (χ3v) is 4.11. The molecule has 3 heteroatoms. The molecule has 21 heavy (non-hydrogen) atoms. The van der Waals surface area contributed by atoms with Crippen molar-refractivity contribution in [2.75, 3.05) is 7.11 Å². The molecule has 0 aliphatic rings. The monoisotopic (exact) mass is 303 g/mol. The van der Waals surface area contributed by atoms with Gasteiger partial charge < -0.3 is 10.1 Å². The second-order valence-electron chi connectivity index (χ2n) is 5.43. The Hall–Kier alpha value is -1.51. The number of aryl methyl sites for hydroxylation is 2. The number of rotatable bonds is 5. The first-order valence-corrected chi connectivity index (χ1v) is 7.52. The average molecular weight is 304 g/mol. The van der Waals surface area contributed by atoms with Gasteiger partial charge in [-0.2, -0.15) is 0 Å². The van der Waals surface area contributed by atoms with Gasteiger partial charge in [-0.05, 0) is 44.0 Å². The summed E-state index contributed by atoms with van der Waals surface area (Å²) in [6.45, 7) is 7.03. The van der Waals surface area contributed by atoms with Crippen LogP contribution in [0.25, 0.3) is 0 Å². The summed E-state index contributed by atoms with van der Waals surface area (Å²) in [6.07, 6.45) is 0. The van der Waals surface area contributed by atoms with Crippen molar-refractivity contribution in [3.05, 3.63) is 63.7 Å². The molecule has 0 saturated heterocycles. The fourth-order valence-corrected chi connectivity index (χ4v) is 2.52. The summed E-state index contributed by atoms with van der Waals surface area (Å²) in [6, 6.07) is 12.6. The van der Waals surface area contributed by atoms with Crippen molar-refractivity contribution >= 4 is 11.6 Å². The predicted octanol–water partition coefficient (Wildman–Crippen LogP) is 4.82. The lowest BCUT2D eigenvalue weighted by Crippen LogP contribution is -2.18. The van der Waals surface area contributed by atoms with E-state index in [1.54, 1.807) is 7.11 Å². The van der Waals surface area contributed by atoms with Crippen molar-refractivity contribution < 1.29 is 4.74 Å². The van der Waals surface area contributed by atoms with Crippen LogP contribution in [0.5, 0.6) is 5.75 Å². The van der Waals surface area contributed by atoms with Crippen molar-refractivity contribution in [1.82, 2.24) is 5.32 Å². The first kappa shape index (κ1) is 15.9. The molecule has 1 unspecified atom stereocenters. The van der Waals surface area contributed by atoms with E-state index in [-0.39, 0.29) is 6.04 Å². The number of hydrogen-bond acceptors (Lipinski definition) is 2. The SMILES string of the molecule is COc1ccc(C)cc1C(C)NCc1ccc(C)c(Cl)c1. The second-order valence-corrected chi connectivity index (χ2v) is 5.84. The van der Waals surface area contributed by atoms with E-state index in [1.807, 2.05) is 19.1 Å². The minimum Gasteiger partial charge on any atom is -0.496 e. The standard InChI is InChI=1S/C18H22ClNO/c1-12-5-8-18(21-4)16(9-12)14(3)20-11-15-7-6-13(2)17(19)10-15/h5-10,14,20H,11H2,1-4H3. The summed E-state index contributed by atoms with van der Waals surface area (Å²) < 4.78 is 5.45. The second kappa shape index (κ2) is 6.97. The fraction of sp³-hybridized carbons (Fsp3) is 0.333. The Bertz CT molecular complexity index is 625. The highest BCUT2D eigenvalue weighted by molar-refractivity contribution is 6.31. The first-order chi connectivity index (χ1) is 10.0. The van der Waals surface area contributed by atoms with E-state index >= 15 is 0 Å². The van der Waals surface area contributed by atoms with E-state index in [2.05, 4.69) is 43.4 Å². The Labute approximate surface area is 132 Å². The third-order valence-electron chi connectivity index (χ3n) is 3.70. The highest BCUT2D eigenvalue weighted by Crippen LogP contribution is 2.26. The Balaban J connectivity index is 2.09. The van der Waals surface area contributed by atoms with Crippen molar-refractivity contribution in [2.24, 2.45) is 0 Å². The summed E-state index contributed by atoms with van der Waals surface area (Å²) >= 11 is 6.17. The zero-order chi connectivity index (χ0) is 15.4. The minimum atomic E-state index is 0.208. The maximum Gasteiger partial charge on any atom is 0.123 e. The molecule has 2 nitrogen and oxygen atoms in total. The molecule has 0 aromatic heterocycles. The van der Waals surface area contributed by atoms with E-state index < -0.39 is 0 Å². The third kappa shape index (κ3) is 3.99. The summed E-state index contributed by atoms with van der Waals surface area (Å²) in [4.78, 5) is 0. The van der Waals surface area contributed by atoms with Crippen molar-refractivity contribution in [2.45, 2.75) is 33.4 Å². The Morgan fingerprint density at radius 3 is 2.57 bits per heavy atom. The van der Waals surface area contributed by atoms with E-state index in [0.29, 0.717) is 0 Å². The van der Waals surface area contributed by atoms with Crippen LogP contribution in [0.4, 0.5) is 0 Å². The number of benzene rings is 2. The van der Waals surface area contributed by atoms with Crippen LogP contribution in [0, 0.1) is 13.8 Å². The smallest absolute Gasteiger partial charge is 0.123 e. The molecule has 0 spiro atoms. The normalized spacial score (nSPS) is 12.2. The van der Waals surface area contributed by atoms with Crippen molar-refractivity contribution in [1.29, 1.82) is 0 Å². The molecule has 0 aliphatic carbocycles. The molecule has 0 radical (unpaired) electrons. The van der Waals surface area contributed by atoms with Gasteiger partial charge in [0, 0.05) is 23.2 Å². The van der Waals surface area contributed by atoms with E-state index in [9.17, 15) is 0 Å². The molecule has 0 saturated carbocycles. The van der Waals surface area contributed by atoms with Gasteiger partial charge in [0.25, 0.3) is 0 Å². The van der Waals surface area contributed by atoms with E-state index in [4.69, 9.17) is 16.3 Å². The maximum atomic E-state index is 6.17. The van der Waals surface area contributed by atoms with Crippen LogP contribution in [-0.2, 0) is 6.54 Å². The molecule has 2 rings (SSSR count). The van der Waals surface area contributed by atoms with Gasteiger partial charge >= 0.3 is 0 Å². The summed E-state index contributed by atoms with van der Waals surface area (Å²) in [5, 5.41) is 4.34. The van der Waals surface area contributed by atoms with Gasteiger partial charge in [0.15, 0.2) is 0 Å². The fourth-order valence-electron chi connectivity index (χ4n) is 2.32. The van der Waals surface area contributed by atoms with Crippen molar-refractivity contribution in [3.8, 4) is 5.75 Å². The Kier molecular flexibility index (Phi) is 5.27. The number of nitrogens with one attached hydrogen (secondary N) is 1. The Morgan fingerprint density at radius 2 is 1.90 bits per heavy atom. The molecule has 2 aromatic rings. The lowest BCUT2D eigenvalue weighted by Gasteiger charge is -2.18. The van der Waals surface area contributed by atoms with Gasteiger partial charge in [0.05, 0.1) is 7.11 Å². The van der Waals surface area contributed by atoms with Crippen LogP contribution >= 0.6 is 11.6 Å². The van der Waals surface area contributed by atoms with Crippen LogP contribution in [0.2, 0.25) is 5.02 Å². The lowest BCUT2D eigenvalue weighted by molar-refractivity contribution is 0.401. The highest BCUT2D eigenvalue weighted by atomic mass is 35.5. The summed E-state index contributed by atoms with van der Waals surface area (Å²) in [5.41, 5.74) is 4.70. The average Bonchev–Trinajstić information content (AvgIpc) is 2.48. The van der Waals surface area contributed by atoms with Crippen LogP contribution in [-0.4, -0.2) is 7.11 Å². The van der Waals surface area contributed by atoms with Gasteiger partial charge in [0.2, 0.25) is 0 Å². The highest BCUT2D eigenvalue weighted by Gasteiger charge is 2.11. The Morgan fingerprint density at radius 1 is 1.14 bits per heavy atom. The van der Waals surface area contributed by atoms with Crippen LogP contribution in [0.3, 0.4) is 0 Å². The largest absolute Gasteiger partial charge is 0.496 e. The van der Waals surface area contributed by atoms with Crippen molar-refractivity contribution in [3.63, 3.8) is 0 Å². The lowest BCUT2D eigenvalue weighted by atomic mass is 10.0. The maximum absolute atomic E-state index is 6.17. The zero-order valence-electron chi connectivity index (χ0n) is 13.0. The van der Waals surface area contributed by atoms with Crippen LogP contribution < -0.4 is 10.1 Å². The minimum absolute atomic E-state index is 0.208. The molecule has 112 valence electrons. The number of halogens is 1. The zero-order valence-corrected chi connectivity index (χ0v) is 13.8. The van der Waals surface area contributed by atoms with Gasteiger partial charge in [-0.15, -0.1) is 0 Å². The number of ether oxygens (including phenoxy) is 1.